The summed E-state index contributed by atoms with van der Waals surface area (Å²) in [5.74, 6) is 2.97. The van der Waals surface area contributed by atoms with E-state index in [1.54, 1.807) is 0 Å². The fourth-order valence-electron chi connectivity index (χ4n) is 0.749. The van der Waals surface area contributed by atoms with Crippen molar-refractivity contribution in [2.75, 3.05) is 6.54 Å². The molecule has 43 valence electrons. The van der Waals surface area contributed by atoms with Crippen molar-refractivity contribution in [1.29, 1.82) is 0 Å². The van der Waals surface area contributed by atoms with Crippen LogP contribution in [0, 0.1) is 12.0 Å². The molecule has 1 nitrogen and oxygen atoms in total. The van der Waals surface area contributed by atoms with E-state index in [9.17, 15) is 0 Å². The number of hydrogen-bond donors (Lipinski definition) is 0. The Labute approximate surface area is 50.5 Å². The first-order valence-electron chi connectivity index (χ1n) is 3.14. The van der Waals surface area contributed by atoms with E-state index >= 15 is 0 Å². The molecule has 1 heterocycles. The summed E-state index contributed by atoms with van der Waals surface area (Å²) in [6.07, 6.45) is 4.85. The second-order valence-electron chi connectivity index (χ2n) is 1.98. The molecule has 0 unspecified atom stereocenters. The zero-order valence-corrected chi connectivity index (χ0v) is 4.98. The number of rotatable bonds is 0. The Morgan fingerprint density at radius 1 is 1.12 bits per heavy atom. The number of hydrogen-bond acceptors (Lipinski definition) is 0. The van der Waals surface area contributed by atoms with Gasteiger partial charge in [0.2, 0.25) is 0 Å². The predicted molar refractivity (Wildman–Crippen MR) is 33.2 cm³/mol. The van der Waals surface area contributed by atoms with Gasteiger partial charge in [0.1, 0.15) is 0 Å². The SMILES string of the molecule is C1#C[N]CCCCC1. The molecule has 0 atom stereocenters. The van der Waals surface area contributed by atoms with Crippen LogP contribution in [-0.2, 0) is 0 Å². The van der Waals surface area contributed by atoms with Gasteiger partial charge in [0, 0.05) is 19.0 Å². The average Bonchev–Trinajstić information content (AvgIpc) is 1.62. The van der Waals surface area contributed by atoms with E-state index in [-0.39, 0.29) is 0 Å². The maximum Gasteiger partial charge on any atom is 0.0490 e. The lowest BCUT2D eigenvalue weighted by molar-refractivity contribution is 0.656. The average molecular weight is 108 g/mol. The highest BCUT2D eigenvalue weighted by atomic mass is 14.8. The highest BCUT2D eigenvalue weighted by molar-refractivity contribution is 4.96. The minimum Gasteiger partial charge on any atom is -0.236 e. The minimum atomic E-state index is 0.951. The van der Waals surface area contributed by atoms with Gasteiger partial charge in [-0.05, 0) is 12.8 Å². The van der Waals surface area contributed by atoms with Gasteiger partial charge in [-0.15, -0.1) is 0 Å². The minimum absolute atomic E-state index is 0.951. The largest absolute Gasteiger partial charge is 0.236 e. The maximum atomic E-state index is 3.97. The third-order valence-electron chi connectivity index (χ3n) is 1.23. The lowest BCUT2D eigenvalue weighted by Gasteiger charge is -1.97. The molecule has 1 rings (SSSR count). The van der Waals surface area contributed by atoms with Crippen molar-refractivity contribution in [3.8, 4) is 12.0 Å². The summed E-state index contributed by atoms with van der Waals surface area (Å²) in [5, 5.41) is 3.97. The van der Waals surface area contributed by atoms with Crippen LogP contribution in [0.1, 0.15) is 25.7 Å². The Hall–Kier alpha value is -0.640. The summed E-state index contributed by atoms with van der Waals surface area (Å²) < 4.78 is 0. The zero-order chi connectivity index (χ0) is 5.66. The molecule has 1 radical (unpaired) electrons. The standard InChI is InChI=1S/C7H10N/c1-2-4-6-8-7-5-3-1/h1-4,6H2. The molecule has 0 fully saturated rings. The highest BCUT2D eigenvalue weighted by Gasteiger charge is 1.89. The Morgan fingerprint density at radius 3 is 3.12 bits per heavy atom. The topological polar surface area (TPSA) is 14.1 Å². The molecule has 1 aliphatic heterocycles. The molecule has 0 aliphatic carbocycles. The maximum absolute atomic E-state index is 3.97. The first-order valence-corrected chi connectivity index (χ1v) is 3.14. The molecule has 0 aromatic rings. The quantitative estimate of drug-likeness (QED) is 0.413. The fraction of sp³-hybridized carbons (Fsp3) is 0.714. The third kappa shape index (κ3) is 1.88. The van der Waals surface area contributed by atoms with Gasteiger partial charge in [-0.1, -0.05) is 12.3 Å². The lowest BCUT2D eigenvalue weighted by Crippen LogP contribution is -2.00. The first-order chi connectivity index (χ1) is 4.00. The van der Waals surface area contributed by atoms with Crippen LogP contribution in [0.15, 0.2) is 0 Å². The van der Waals surface area contributed by atoms with Crippen LogP contribution < -0.4 is 5.32 Å². The van der Waals surface area contributed by atoms with Gasteiger partial charge in [-0.3, -0.25) is 0 Å². The Morgan fingerprint density at radius 2 is 2.12 bits per heavy atom. The van der Waals surface area contributed by atoms with E-state index in [0.717, 1.165) is 13.0 Å². The van der Waals surface area contributed by atoms with Gasteiger partial charge in [0.15, 0.2) is 0 Å². The van der Waals surface area contributed by atoms with Crippen LogP contribution in [0.4, 0.5) is 0 Å². The van der Waals surface area contributed by atoms with Crippen LogP contribution in [0.25, 0.3) is 0 Å². The van der Waals surface area contributed by atoms with Crippen molar-refractivity contribution in [2.24, 2.45) is 0 Å². The van der Waals surface area contributed by atoms with Crippen LogP contribution in [-0.4, -0.2) is 6.54 Å². The molecule has 0 amide bonds. The lowest BCUT2D eigenvalue weighted by atomic mass is 10.2. The summed E-state index contributed by atoms with van der Waals surface area (Å²) in [6.45, 7) is 0.951. The van der Waals surface area contributed by atoms with Gasteiger partial charge in [0.25, 0.3) is 0 Å². The molecule has 0 spiro atoms. The van der Waals surface area contributed by atoms with Crippen LogP contribution in [0.3, 0.4) is 0 Å². The second kappa shape index (κ2) is 3.37. The molecule has 0 saturated carbocycles. The van der Waals surface area contributed by atoms with Gasteiger partial charge in [-0.25, -0.2) is 5.32 Å². The number of nitrogens with zero attached hydrogens (tertiary/aromatic N) is 1. The molecule has 0 aromatic carbocycles. The van der Waals surface area contributed by atoms with E-state index in [2.05, 4.69) is 17.3 Å². The molecule has 1 aliphatic rings. The Bertz CT molecular complexity index is 95.3. The molecular weight excluding hydrogens is 98.1 g/mol. The molecular formula is C7H10N. The normalized spacial score (nSPS) is 19.0. The smallest absolute Gasteiger partial charge is 0.0490 e. The zero-order valence-electron chi connectivity index (χ0n) is 4.98. The summed E-state index contributed by atoms with van der Waals surface area (Å²) in [5.41, 5.74) is 0. The van der Waals surface area contributed by atoms with Crippen molar-refractivity contribution in [1.82, 2.24) is 5.32 Å². The summed E-state index contributed by atoms with van der Waals surface area (Å²) in [6, 6.07) is 2.76. The van der Waals surface area contributed by atoms with Crippen LogP contribution >= 0.6 is 0 Å². The van der Waals surface area contributed by atoms with E-state index in [1.165, 1.54) is 19.3 Å². The molecule has 0 N–H and O–H groups in total. The predicted octanol–water partition coefficient (Wildman–Crippen LogP) is 1.13. The molecule has 8 heavy (non-hydrogen) atoms. The summed E-state index contributed by atoms with van der Waals surface area (Å²) >= 11 is 0. The van der Waals surface area contributed by atoms with E-state index in [4.69, 9.17) is 0 Å². The van der Waals surface area contributed by atoms with Gasteiger partial charge >= 0.3 is 0 Å². The summed E-state index contributed by atoms with van der Waals surface area (Å²) in [7, 11) is 0. The highest BCUT2D eigenvalue weighted by Crippen LogP contribution is 1.98. The van der Waals surface area contributed by atoms with Crippen LogP contribution in [0.5, 0.6) is 0 Å². The van der Waals surface area contributed by atoms with Crippen molar-refractivity contribution in [3.05, 3.63) is 0 Å². The summed E-state index contributed by atoms with van der Waals surface area (Å²) in [4.78, 5) is 0. The van der Waals surface area contributed by atoms with Gasteiger partial charge in [-0.2, -0.15) is 0 Å². The first kappa shape index (κ1) is 5.50. The Kier molecular flexibility index (Phi) is 2.32. The van der Waals surface area contributed by atoms with Crippen LogP contribution in [0.2, 0.25) is 0 Å². The van der Waals surface area contributed by atoms with E-state index in [0.29, 0.717) is 0 Å². The van der Waals surface area contributed by atoms with Crippen molar-refractivity contribution >= 4 is 0 Å². The van der Waals surface area contributed by atoms with E-state index in [1.807, 2.05) is 0 Å². The van der Waals surface area contributed by atoms with Crippen molar-refractivity contribution in [3.63, 3.8) is 0 Å². The molecule has 0 aromatic heterocycles. The van der Waals surface area contributed by atoms with Gasteiger partial charge < -0.3 is 0 Å². The molecule has 0 bridgehead atoms. The third-order valence-corrected chi connectivity index (χ3v) is 1.23. The fourth-order valence-corrected chi connectivity index (χ4v) is 0.749. The Balaban J connectivity index is 2.24. The van der Waals surface area contributed by atoms with E-state index < -0.39 is 0 Å². The molecule has 0 saturated heterocycles. The van der Waals surface area contributed by atoms with Crippen molar-refractivity contribution in [2.45, 2.75) is 25.7 Å². The van der Waals surface area contributed by atoms with Crippen molar-refractivity contribution < 1.29 is 0 Å². The van der Waals surface area contributed by atoms with Gasteiger partial charge in [0.05, 0.1) is 0 Å². The monoisotopic (exact) mass is 108 g/mol. The second-order valence-corrected chi connectivity index (χ2v) is 1.98. The molecule has 1 heteroatoms.